The molecule has 0 amide bonds. The van der Waals surface area contributed by atoms with Crippen molar-refractivity contribution in [1.82, 2.24) is 29.6 Å². The second kappa shape index (κ2) is 7.56. The summed E-state index contributed by atoms with van der Waals surface area (Å²) in [4.78, 5) is 4.10. The number of rotatable bonds is 4. The standard InChI is InChI=1S/C21H21N7S/c1-21(2,3)19-24-25-20(29)28(19)23-13-16-14-27(17-7-5-4-6-8-17)26-18(16)15-9-11-22-12-10-15/h4-14H,1-3H3,(H,25,29)/b23-13-. The molecular weight excluding hydrogens is 382 g/mol. The minimum absolute atomic E-state index is 0.201. The van der Waals surface area contributed by atoms with E-state index in [1.54, 1.807) is 23.3 Å². The monoisotopic (exact) mass is 403 g/mol. The Labute approximate surface area is 173 Å². The van der Waals surface area contributed by atoms with Crippen molar-refractivity contribution in [3.63, 3.8) is 0 Å². The normalized spacial score (nSPS) is 12.0. The first-order chi connectivity index (χ1) is 13.9. The third-order valence-electron chi connectivity index (χ3n) is 4.35. The SMILES string of the molecule is CC(C)(C)c1n[nH]c(=S)n1/N=C\c1cn(-c2ccccc2)nc1-c1ccncc1. The van der Waals surface area contributed by atoms with Crippen LogP contribution in [0.2, 0.25) is 0 Å². The largest absolute Gasteiger partial charge is 0.265 e. The van der Waals surface area contributed by atoms with Crippen LogP contribution in [-0.4, -0.2) is 35.9 Å². The van der Waals surface area contributed by atoms with Gasteiger partial charge in [0.1, 0.15) is 5.69 Å². The summed E-state index contributed by atoms with van der Waals surface area (Å²) in [5.74, 6) is 0.764. The number of aromatic amines is 1. The molecule has 0 saturated carbocycles. The van der Waals surface area contributed by atoms with Crippen LogP contribution in [0.3, 0.4) is 0 Å². The molecule has 8 heteroatoms. The number of nitrogens with zero attached hydrogens (tertiary/aromatic N) is 6. The maximum absolute atomic E-state index is 5.37. The zero-order valence-corrected chi connectivity index (χ0v) is 17.3. The summed E-state index contributed by atoms with van der Waals surface area (Å²) in [5, 5.41) is 16.6. The first-order valence-electron chi connectivity index (χ1n) is 9.21. The van der Waals surface area contributed by atoms with Gasteiger partial charge in [-0.1, -0.05) is 39.0 Å². The quantitative estimate of drug-likeness (QED) is 0.405. The summed E-state index contributed by atoms with van der Waals surface area (Å²) in [6, 6.07) is 13.8. The third kappa shape index (κ3) is 3.93. The lowest BCUT2D eigenvalue weighted by atomic mass is 9.96. The fraction of sp³-hybridized carbons (Fsp3) is 0.190. The van der Waals surface area contributed by atoms with Crippen molar-refractivity contribution in [2.45, 2.75) is 26.2 Å². The Morgan fingerprint density at radius 3 is 2.48 bits per heavy atom. The van der Waals surface area contributed by atoms with Crippen molar-refractivity contribution in [3.05, 3.63) is 77.2 Å². The van der Waals surface area contributed by atoms with Crippen LogP contribution in [0.25, 0.3) is 16.9 Å². The van der Waals surface area contributed by atoms with Crippen molar-refractivity contribution in [3.8, 4) is 16.9 Å². The number of nitrogens with one attached hydrogen (secondary N) is 1. The highest BCUT2D eigenvalue weighted by atomic mass is 32.1. The second-order valence-electron chi connectivity index (χ2n) is 7.61. The molecule has 29 heavy (non-hydrogen) atoms. The van der Waals surface area contributed by atoms with Crippen molar-refractivity contribution in [2.75, 3.05) is 0 Å². The van der Waals surface area contributed by atoms with Crippen LogP contribution in [0.15, 0.2) is 66.2 Å². The van der Waals surface area contributed by atoms with Gasteiger partial charge in [-0.3, -0.25) is 10.1 Å². The summed E-state index contributed by atoms with van der Waals surface area (Å²) < 4.78 is 3.95. The maximum atomic E-state index is 5.37. The topological polar surface area (TPSA) is 76.7 Å². The van der Waals surface area contributed by atoms with Gasteiger partial charge in [-0.05, 0) is 36.5 Å². The smallest absolute Gasteiger partial charge is 0.216 e. The average molecular weight is 404 g/mol. The van der Waals surface area contributed by atoms with E-state index in [2.05, 4.69) is 41.1 Å². The van der Waals surface area contributed by atoms with Crippen LogP contribution in [0.4, 0.5) is 0 Å². The molecule has 0 atom stereocenters. The van der Waals surface area contributed by atoms with E-state index in [4.69, 9.17) is 17.3 Å². The van der Waals surface area contributed by atoms with Crippen LogP contribution >= 0.6 is 12.2 Å². The molecule has 0 unspecified atom stereocenters. The van der Waals surface area contributed by atoms with E-state index in [1.807, 2.05) is 53.3 Å². The first kappa shape index (κ1) is 18.9. The van der Waals surface area contributed by atoms with Gasteiger partial charge in [0.15, 0.2) is 5.82 Å². The Morgan fingerprint density at radius 2 is 1.79 bits per heavy atom. The summed E-state index contributed by atoms with van der Waals surface area (Å²) >= 11 is 5.37. The van der Waals surface area contributed by atoms with E-state index >= 15 is 0 Å². The van der Waals surface area contributed by atoms with Gasteiger partial charge >= 0.3 is 0 Å². The van der Waals surface area contributed by atoms with Gasteiger partial charge in [0.25, 0.3) is 0 Å². The summed E-state index contributed by atoms with van der Waals surface area (Å²) in [6.07, 6.45) is 7.22. The molecule has 7 nitrogen and oxygen atoms in total. The van der Waals surface area contributed by atoms with Crippen molar-refractivity contribution < 1.29 is 0 Å². The molecule has 0 aliphatic heterocycles. The molecule has 3 heterocycles. The van der Waals surface area contributed by atoms with Crippen molar-refractivity contribution >= 4 is 18.4 Å². The molecule has 3 aromatic heterocycles. The molecular formula is C21H21N7S. The Bertz CT molecular complexity index is 1200. The highest BCUT2D eigenvalue weighted by molar-refractivity contribution is 7.71. The van der Waals surface area contributed by atoms with E-state index in [-0.39, 0.29) is 5.41 Å². The molecule has 0 bridgehead atoms. The van der Waals surface area contributed by atoms with Crippen LogP contribution in [0, 0.1) is 4.77 Å². The Hall–Kier alpha value is -3.39. The molecule has 0 aliphatic rings. The Morgan fingerprint density at radius 1 is 1.07 bits per heavy atom. The van der Waals surface area contributed by atoms with Gasteiger partial charge in [-0.15, -0.1) is 0 Å². The van der Waals surface area contributed by atoms with E-state index in [9.17, 15) is 0 Å². The molecule has 0 radical (unpaired) electrons. The van der Waals surface area contributed by atoms with Crippen LogP contribution in [-0.2, 0) is 5.41 Å². The highest BCUT2D eigenvalue weighted by Crippen LogP contribution is 2.23. The van der Waals surface area contributed by atoms with E-state index < -0.39 is 0 Å². The Kier molecular flexibility index (Phi) is 4.94. The van der Waals surface area contributed by atoms with E-state index in [1.165, 1.54) is 0 Å². The zero-order chi connectivity index (χ0) is 20.4. The lowest BCUT2D eigenvalue weighted by Crippen LogP contribution is -2.17. The molecule has 0 aliphatic carbocycles. The van der Waals surface area contributed by atoms with Gasteiger partial charge in [0.05, 0.1) is 11.9 Å². The fourth-order valence-electron chi connectivity index (χ4n) is 2.93. The first-order valence-corrected chi connectivity index (χ1v) is 9.62. The molecule has 1 N–H and O–H groups in total. The highest BCUT2D eigenvalue weighted by Gasteiger charge is 2.21. The summed E-state index contributed by atoms with van der Waals surface area (Å²) in [7, 11) is 0. The molecule has 4 aromatic rings. The van der Waals surface area contributed by atoms with E-state index in [0.717, 1.165) is 28.3 Å². The average Bonchev–Trinajstić information content (AvgIpc) is 3.31. The molecule has 1 aromatic carbocycles. The second-order valence-corrected chi connectivity index (χ2v) is 7.99. The summed E-state index contributed by atoms with van der Waals surface area (Å²) in [6.45, 7) is 6.21. The van der Waals surface area contributed by atoms with Crippen LogP contribution in [0.5, 0.6) is 0 Å². The maximum Gasteiger partial charge on any atom is 0.216 e. The Balaban J connectivity index is 1.82. The number of aromatic nitrogens is 6. The number of benzene rings is 1. The molecule has 4 rings (SSSR count). The number of para-hydroxylation sites is 1. The number of hydrogen-bond donors (Lipinski definition) is 1. The van der Waals surface area contributed by atoms with Gasteiger partial charge < -0.3 is 0 Å². The van der Waals surface area contributed by atoms with Gasteiger partial charge in [0.2, 0.25) is 4.77 Å². The molecule has 0 saturated heterocycles. The number of hydrogen-bond acceptors (Lipinski definition) is 5. The third-order valence-corrected chi connectivity index (χ3v) is 4.61. The van der Waals surface area contributed by atoms with Crippen molar-refractivity contribution in [2.24, 2.45) is 5.10 Å². The predicted octanol–water partition coefficient (Wildman–Crippen LogP) is 4.37. The molecule has 146 valence electrons. The minimum atomic E-state index is -0.201. The van der Waals surface area contributed by atoms with Gasteiger partial charge in [-0.2, -0.15) is 20.0 Å². The molecule has 0 spiro atoms. The minimum Gasteiger partial charge on any atom is -0.265 e. The zero-order valence-electron chi connectivity index (χ0n) is 16.4. The van der Waals surface area contributed by atoms with Crippen LogP contribution < -0.4 is 0 Å². The fourth-order valence-corrected chi connectivity index (χ4v) is 3.11. The van der Waals surface area contributed by atoms with E-state index in [0.29, 0.717) is 4.77 Å². The van der Waals surface area contributed by atoms with Gasteiger partial charge in [-0.25, -0.2) is 4.68 Å². The predicted molar refractivity (Wildman–Crippen MR) is 116 cm³/mol. The summed E-state index contributed by atoms with van der Waals surface area (Å²) in [5.41, 5.74) is 3.41. The van der Waals surface area contributed by atoms with Crippen LogP contribution in [0.1, 0.15) is 32.2 Å². The number of H-pyrrole nitrogens is 1. The molecule has 0 fully saturated rings. The lowest BCUT2D eigenvalue weighted by molar-refractivity contribution is 0.516. The number of pyridine rings is 1. The van der Waals surface area contributed by atoms with Gasteiger partial charge in [0, 0.05) is 35.1 Å². The lowest BCUT2D eigenvalue weighted by Gasteiger charge is -2.15. The van der Waals surface area contributed by atoms with Crippen molar-refractivity contribution in [1.29, 1.82) is 0 Å².